The van der Waals surface area contributed by atoms with Crippen LogP contribution in [0.4, 0.5) is 5.13 Å². The second-order valence-corrected chi connectivity index (χ2v) is 5.05. The summed E-state index contributed by atoms with van der Waals surface area (Å²) in [6.45, 7) is 6.44. The highest BCUT2D eigenvalue weighted by molar-refractivity contribution is 7.09. The molecule has 1 atom stereocenters. The van der Waals surface area contributed by atoms with Crippen molar-refractivity contribution in [2.24, 2.45) is 5.41 Å². The lowest BCUT2D eigenvalue weighted by molar-refractivity contribution is 0.362. The third kappa shape index (κ3) is 3.12. The van der Waals surface area contributed by atoms with Crippen molar-refractivity contribution in [2.45, 2.75) is 26.8 Å². The Bertz CT molecular complexity index is 242. The van der Waals surface area contributed by atoms with E-state index in [4.69, 9.17) is 11.6 Å². The van der Waals surface area contributed by atoms with Crippen LogP contribution in [0.1, 0.15) is 20.8 Å². The topological polar surface area (TPSA) is 37.8 Å². The molecule has 0 bridgehead atoms. The molecule has 1 rings (SSSR count). The van der Waals surface area contributed by atoms with E-state index in [0.29, 0.717) is 5.88 Å². The smallest absolute Gasteiger partial charge is 0.202 e. The van der Waals surface area contributed by atoms with E-state index in [9.17, 15) is 0 Å². The fourth-order valence-corrected chi connectivity index (χ4v) is 1.90. The van der Waals surface area contributed by atoms with Gasteiger partial charge in [0.25, 0.3) is 0 Å². The highest BCUT2D eigenvalue weighted by Gasteiger charge is 2.24. The molecule has 0 aliphatic rings. The molecule has 1 heterocycles. The summed E-state index contributed by atoms with van der Waals surface area (Å²) >= 11 is 7.21. The fraction of sp³-hybridized carbons (Fsp3) is 0.750. The monoisotopic (exact) mass is 219 g/mol. The lowest BCUT2D eigenvalue weighted by atomic mass is 9.88. The van der Waals surface area contributed by atoms with Crippen molar-refractivity contribution in [3.05, 3.63) is 6.33 Å². The Morgan fingerprint density at radius 3 is 2.69 bits per heavy atom. The van der Waals surface area contributed by atoms with Gasteiger partial charge in [-0.2, -0.15) is 4.37 Å². The average Bonchev–Trinajstić information content (AvgIpc) is 2.49. The van der Waals surface area contributed by atoms with Crippen LogP contribution in [0.3, 0.4) is 0 Å². The molecule has 0 radical (unpaired) electrons. The zero-order valence-electron chi connectivity index (χ0n) is 8.04. The van der Waals surface area contributed by atoms with E-state index in [2.05, 4.69) is 35.4 Å². The lowest BCUT2D eigenvalue weighted by Crippen LogP contribution is -2.35. The Morgan fingerprint density at radius 2 is 2.31 bits per heavy atom. The number of anilines is 1. The largest absolute Gasteiger partial charge is 0.356 e. The van der Waals surface area contributed by atoms with Crippen molar-refractivity contribution in [3.63, 3.8) is 0 Å². The van der Waals surface area contributed by atoms with Crippen LogP contribution in [0.25, 0.3) is 0 Å². The van der Waals surface area contributed by atoms with E-state index in [1.165, 1.54) is 11.5 Å². The first-order valence-corrected chi connectivity index (χ1v) is 5.44. The standard InChI is InChI=1S/C8H14ClN3S/c1-8(2,3)6(4-9)12-7-10-5-11-13-7/h5-6H,4H2,1-3H3,(H,10,11,12). The van der Waals surface area contributed by atoms with E-state index >= 15 is 0 Å². The third-order valence-electron chi connectivity index (χ3n) is 1.86. The van der Waals surface area contributed by atoms with Gasteiger partial charge in [0.1, 0.15) is 6.33 Å². The lowest BCUT2D eigenvalue weighted by Gasteiger charge is -2.29. The second kappa shape index (κ2) is 4.24. The van der Waals surface area contributed by atoms with E-state index < -0.39 is 0 Å². The minimum atomic E-state index is 0.132. The molecule has 3 nitrogen and oxygen atoms in total. The summed E-state index contributed by atoms with van der Waals surface area (Å²) in [5, 5.41) is 4.10. The summed E-state index contributed by atoms with van der Waals surface area (Å²) < 4.78 is 3.92. The first-order valence-electron chi connectivity index (χ1n) is 4.13. The summed E-state index contributed by atoms with van der Waals surface area (Å²) in [5.41, 5.74) is 0.132. The molecule has 5 heteroatoms. The molecule has 0 amide bonds. The van der Waals surface area contributed by atoms with E-state index in [1.54, 1.807) is 6.33 Å². The first kappa shape index (κ1) is 10.7. The number of nitrogens with one attached hydrogen (secondary N) is 1. The molecule has 1 aromatic heterocycles. The molecule has 1 unspecified atom stereocenters. The summed E-state index contributed by atoms with van der Waals surface area (Å²) in [5.74, 6) is 0.573. The Labute approximate surface area is 87.7 Å². The van der Waals surface area contributed by atoms with Crippen LogP contribution in [0.2, 0.25) is 0 Å². The van der Waals surface area contributed by atoms with Crippen LogP contribution in [-0.4, -0.2) is 21.3 Å². The molecule has 1 N–H and O–H groups in total. The van der Waals surface area contributed by atoms with Gasteiger partial charge in [0.05, 0.1) is 0 Å². The Kier molecular flexibility index (Phi) is 3.50. The number of hydrogen-bond donors (Lipinski definition) is 1. The van der Waals surface area contributed by atoms with Crippen molar-refractivity contribution in [1.82, 2.24) is 9.36 Å². The Morgan fingerprint density at radius 1 is 1.62 bits per heavy atom. The van der Waals surface area contributed by atoms with Crippen LogP contribution in [-0.2, 0) is 0 Å². The van der Waals surface area contributed by atoms with Crippen LogP contribution >= 0.6 is 23.1 Å². The van der Waals surface area contributed by atoms with Crippen molar-refractivity contribution < 1.29 is 0 Å². The maximum absolute atomic E-state index is 5.86. The molecule has 0 spiro atoms. The van der Waals surface area contributed by atoms with Gasteiger partial charge in [-0.15, -0.1) is 11.6 Å². The van der Waals surface area contributed by atoms with E-state index in [0.717, 1.165) is 5.13 Å². The van der Waals surface area contributed by atoms with Gasteiger partial charge in [0.15, 0.2) is 0 Å². The molecular formula is C8H14ClN3S. The number of halogens is 1. The Hall–Kier alpha value is -0.350. The van der Waals surface area contributed by atoms with Crippen LogP contribution in [0.5, 0.6) is 0 Å². The molecule has 1 aromatic rings. The minimum Gasteiger partial charge on any atom is -0.356 e. The molecule has 0 fully saturated rings. The molecule has 0 aliphatic heterocycles. The highest BCUT2D eigenvalue weighted by atomic mass is 35.5. The van der Waals surface area contributed by atoms with Crippen molar-refractivity contribution in [2.75, 3.05) is 11.2 Å². The number of nitrogens with zero attached hydrogens (tertiary/aromatic N) is 2. The van der Waals surface area contributed by atoms with Gasteiger partial charge >= 0.3 is 0 Å². The average molecular weight is 220 g/mol. The zero-order chi connectivity index (χ0) is 9.90. The predicted molar refractivity (Wildman–Crippen MR) is 57.5 cm³/mol. The number of rotatable bonds is 3. The summed E-state index contributed by atoms with van der Waals surface area (Å²) in [7, 11) is 0. The Balaban J connectivity index is 2.60. The maximum atomic E-state index is 5.86. The van der Waals surface area contributed by atoms with E-state index in [-0.39, 0.29) is 11.5 Å². The molecule has 13 heavy (non-hydrogen) atoms. The molecule has 0 aromatic carbocycles. The zero-order valence-corrected chi connectivity index (χ0v) is 9.61. The summed E-state index contributed by atoms with van der Waals surface area (Å²) in [6, 6.07) is 0.224. The number of aromatic nitrogens is 2. The first-order chi connectivity index (χ1) is 6.04. The van der Waals surface area contributed by atoms with Crippen LogP contribution in [0.15, 0.2) is 6.33 Å². The highest BCUT2D eigenvalue weighted by Crippen LogP contribution is 2.24. The molecule has 0 aliphatic carbocycles. The quantitative estimate of drug-likeness (QED) is 0.795. The number of hydrogen-bond acceptors (Lipinski definition) is 4. The normalized spacial score (nSPS) is 14.2. The van der Waals surface area contributed by atoms with Gasteiger partial charge in [0.2, 0.25) is 5.13 Å². The van der Waals surface area contributed by atoms with Gasteiger partial charge < -0.3 is 5.32 Å². The van der Waals surface area contributed by atoms with Crippen molar-refractivity contribution in [1.29, 1.82) is 0 Å². The molecular weight excluding hydrogens is 206 g/mol. The minimum absolute atomic E-state index is 0.132. The van der Waals surface area contributed by atoms with Gasteiger partial charge in [-0.05, 0) is 5.41 Å². The SMILES string of the molecule is CC(C)(C)C(CCl)Nc1ncns1. The van der Waals surface area contributed by atoms with Gasteiger partial charge in [-0.3, -0.25) is 0 Å². The predicted octanol–water partition coefficient (Wildman–Crippen LogP) is 2.60. The van der Waals surface area contributed by atoms with Crippen LogP contribution in [0, 0.1) is 5.41 Å². The molecule has 0 saturated heterocycles. The van der Waals surface area contributed by atoms with E-state index in [1.807, 2.05) is 0 Å². The summed E-state index contributed by atoms with van der Waals surface area (Å²) in [6.07, 6.45) is 1.54. The maximum Gasteiger partial charge on any atom is 0.202 e. The molecule has 0 saturated carbocycles. The fourth-order valence-electron chi connectivity index (χ4n) is 0.872. The van der Waals surface area contributed by atoms with Gasteiger partial charge in [0, 0.05) is 23.5 Å². The third-order valence-corrected chi connectivity index (χ3v) is 2.76. The van der Waals surface area contributed by atoms with Crippen molar-refractivity contribution >= 4 is 28.3 Å². The second-order valence-electron chi connectivity index (χ2n) is 3.96. The van der Waals surface area contributed by atoms with Gasteiger partial charge in [-0.1, -0.05) is 20.8 Å². The van der Waals surface area contributed by atoms with Gasteiger partial charge in [-0.25, -0.2) is 4.98 Å². The molecule has 74 valence electrons. The van der Waals surface area contributed by atoms with Crippen LogP contribution < -0.4 is 5.32 Å². The number of alkyl halides is 1. The van der Waals surface area contributed by atoms with Crippen molar-refractivity contribution in [3.8, 4) is 0 Å². The summed E-state index contributed by atoms with van der Waals surface area (Å²) in [4.78, 5) is 4.06.